The third kappa shape index (κ3) is 4.97. The number of ether oxygens (including phenoxy) is 1. The maximum Gasteiger partial charge on any atom is 0.336 e. The van der Waals surface area contributed by atoms with Crippen LogP contribution >= 0.6 is 23.5 Å². The van der Waals surface area contributed by atoms with E-state index in [4.69, 9.17) is 4.74 Å². The van der Waals surface area contributed by atoms with Crippen molar-refractivity contribution in [2.75, 3.05) is 24.4 Å². The number of esters is 1. The van der Waals surface area contributed by atoms with Crippen LogP contribution in [0.1, 0.15) is 52.0 Å². The molecule has 0 saturated heterocycles. The second-order valence-corrected chi connectivity index (χ2v) is 10.8. The van der Waals surface area contributed by atoms with Gasteiger partial charge in [-0.15, -0.1) is 11.8 Å². The van der Waals surface area contributed by atoms with Gasteiger partial charge in [-0.1, -0.05) is 32.9 Å². The molecule has 2 aliphatic rings. The molecule has 0 fully saturated rings. The topological polar surface area (TPSA) is 55.4 Å². The molecule has 1 aromatic carbocycles. The van der Waals surface area contributed by atoms with E-state index in [0.717, 1.165) is 45.4 Å². The fourth-order valence-corrected chi connectivity index (χ4v) is 5.15. The number of carbonyl (C=O) groups is 2. The Labute approximate surface area is 188 Å². The highest BCUT2D eigenvalue weighted by Gasteiger charge is 2.43. The largest absolute Gasteiger partial charge is 0.461 e. The second kappa shape index (κ2) is 9.65. The van der Waals surface area contributed by atoms with E-state index in [0.29, 0.717) is 18.6 Å². The fourth-order valence-electron chi connectivity index (χ4n) is 4.25. The summed E-state index contributed by atoms with van der Waals surface area (Å²) in [4.78, 5) is 27.5. The zero-order valence-corrected chi connectivity index (χ0v) is 20.1. The van der Waals surface area contributed by atoms with Gasteiger partial charge in [0.2, 0.25) is 0 Å². The van der Waals surface area contributed by atoms with Crippen LogP contribution in [0.25, 0.3) is 0 Å². The molecular weight excluding hydrogens is 414 g/mol. The van der Waals surface area contributed by atoms with Gasteiger partial charge in [0.25, 0.3) is 0 Å². The lowest BCUT2D eigenvalue weighted by molar-refractivity contribution is -0.138. The number of Topliss-reactive ketones (excluding diaryl/α,β-unsaturated/α-hetero) is 1. The molecule has 1 unspecified atom stereocenters. The van der Waals surface area contributed by atoms with Crippen LogP contribution in [0.3, 0.4) is 0 Å². The first-order valence-corrected chi connectivity index (χ1v) is 12.8. The molecule has 0 saturated carbocycles. The number of ketones is 1. The highest BCUT2D eigenvalue weighted by molar-refractivity contribution is 7.99. The average molecular weight is 446 g/mol. The fraction of sp³-hybridized carbons (Fsp3) is 0.500. The van der Waals surface area contributed by atoms with Crippen molar-refractivity contribution < 1.29 is 14.3 Å². The SMILES string of the molecule is CCSCCOC(=O)C1=C(C)NC2=C(C(=O)CC(C)(C)C2)C1c1ccc(SC)cc1. The van der Waals surface area contributed by atoms with Crippen molar-refractivity contribution in [1.82, 2.24) is 5.32 Å². The van der Waals surface area contributed by atoms with E-state index in [1.54, 1.807) is 23.5 Å². The van der Waals surface area contributed by atoms with E-state index in [-0.39, 0.29) is 23.1 Å². The Morgan fingerprint density at radius 1 is 1.23 bits per heavy atom. The van der Waals surface area contributed by atoms with Crippen molar-refractivity contribution in [3.8, 4) is 0 Å². The molecule has 1 atom stereocenters. The van der Waals surface area contributed by atoms with Crippen LogP contribution in [0, 0.1) is 5.41 Å². The maximum atomic E-state index is 13.2. The lowest BCUT2D eigenvalue weighted by Gasteiger charge is -2.39. The Kier molecular flexibility index (Phi) is 7.40. The molecule has 1 N–H and O–H groups in total. The zero-order chi connectivity index (χ0) is 21.9. The molecule has 1 aliphatic heterocycles. The zero-order valence-electron chi connectivity index (χ0n) is 18.5. The van der Waals surface area contributed by atoms with Crippen molar-refractivity contribution in [3.63, 3.8) is 0 Å². The van der Waals surface area contributed by atoms with Gasteiger partial charge in [0.15, 0.2) is 5.78 Å². The summed E-state index contributed by atoms with van der Waals surface area (Å²) in [6, 6.07) is 8.17. The summed E-state index contributed by atoms with van der Waals surface area (Å²) < 4.78 is 5.61. The van der Waals surface area contributed by atoms with Crippen LogP contribution in [0.5, 0.6) is 0 Å². The van der Waals surface area contributed by atoms with Crippen LogP contribution in [0.4, 0.5) is 0 Å². The monoisotopic (exact) mass is 445 g/mol. The highest BCUT2D eigenvalue weighted by atomic mass is 32.2. The number of allylic oxidation sites excluding steroid dienone is 3. The smallest absolute Gasteiger partial charge is 0.336 e. The van der Waals surface area contributed by atoms with E-state index in [2.05, 4.69) is 38.2 Å². The molecule has 3 rings (SSSR count). The Hall–Kier alpha value is -1.66. The minimum absolute atomic E-state index is 0.0914. The Bertz CT molecular complexity index is 884. The van der Waals surface area contributed by atoms with Gasteiger partial charge in [-0.3, -0.25) is 4.79 Å². The molecule has 1 heterocycles. The Morgan fingerprint density at radius 3 is 2.57 bits per heavy atom. The molecule has 1 aliphatic carbocycles. The van der Waals surface area contributed by atoms with Crippen LogP contribution in [-0.2, 0) is 14.3 Å². The average Bonchev–Trinajstić information content (AvgIpc) is 2.69. The minimum atomic E-state index is -0.382. The summed E-state index contributed by atoms with van der Waals surface area (Å²) in [6.07, 6.45) is 3.32. The highest BCUT2D eigenvalue weighted by Crippen LogP contribution is 2.46. The number of carbonyl (C=O) groups excluding carboxylic acids is 2. The number of dihydropyridines is 1. The van der Waals surface area contributed by atoms with Crippen molar-refractivity contribution in [1.29, 1.82) is 0 Å². The van der Waals surface area contributed by atoms with Crippen molar-refractivity contribution >= 4 is 35.3 Å². The van der Waals surface area contributed by atoms with Crippen LogP contribution in [-0.4, -0.2) is 36.1 Å². The summed E-state index contributed by atoms with van der Waals surface area (Å²) in [5.41, 5.74) is 3.89. The third-order valence-corrected chi connectivity index (χ3v) is 7.18. The number of rotatable bonds is 7. The summed E-state index contributed by atoms with van der Waals surface area (Å²) in [5, 5.41) is 3.39. The molecule has 0 amide bonds. The molecule has 30 heavy (non-hydrogen) atoms. The van der Waals surface area contributed by atoms with Gasteiger partial charge in [-0.2, -0.15) is 11.8 Å². The number of thioether (sulfide) groups is 2. The summed E-state index contributed by atoms with van der Waals surface area (Å²) in [5.74, 6) is 1.17. The first-order chi connectivity index (χ1) is 14.3. The predicted molar refractivity (Wildman–Crippen MR) is 126 cm³/mol. The molecule has 0 aromatic heterocycles. The number of benzene rings is 1. The van der Waals surface area contributed by atoms with Gasteiger partial charge in [0.1, 0.15) is 6.61 Å². The first-order valence-electron chi connectivity index (χ1n) is 10.4. The minimum Gasteiger partial charge on any atom is -0.461 e. The predicted octanol–water partition coefficient (Wildman–Crippen LogP) is 5.31. The Balaban J connectivity index is 2.02. The third-order valence-electron chi connectivity index (χ3n) is 5.57. The maximum absolute atomic E-state index is 13.2. The molecule has 6 heteroatoms. The van der Waals surface area contributed by atoms with Crippen molar-refractivity contribution in [3.05, 3.63) is 52.4 Å². The van der Waals surface area contributed by atoms with Gasteiger partial charge in [-0.25, -0.2) is 4.79 Å². The van der Waals surface area contributed by atoms with Gasteiger partial charge in [0, 0.05) is 40.0 Å². The van der Waals surface area contributed by atoms with Crippen molar-refractivity contribution in [2.24, 2.45) is 5.41 Å². The number of hydrogen-bond donors (Lipinski definition) is 1. The van der Waals surface area contributed by atoms with Crippen LogP contribution in [0.2, 0.25) is 0 Å². The van der Waals surface area contributed by atoms with Gasteiger partial charge in [0.05, 0.1) is 5.57 Å². The van der Waals surface area contributed by atoms with Crippen molar-refractivity contribution in [2.45, 2.75) is 51.3 Å². The van der Waals surface area contributed by atoms with E-state index in [1.165, 1.54) is 0 Å². The van der Waals surface area contributed by atoms with Gasteiger partial charge in [-0.05, 0) is 48.5 Å². The van der Waals surface area contributed by atoms with Gasteiger partial charge < -0.3 is 10.1 Å². The van der Waals surface area contributed by atoms with Crippen LogP contribution in [0.15, 0.2) is 51.7 Å². The van der Waals surface area contributed by atoms with E-state index in [1.807, 2.05) is 25.3 Å². The molecule has 0 spiro atoms. The number of nitrogens with one attached hydrogen (secondary N) is 1. The molecule has 0 radical (unpaired) electrons. The van der Waals surface area contributed by atoms with Gasteiger partial charge >= 0.3 is 5.97 Å². The molecular formula is C24H31NO3S2. The summed E-state index contributed by atoms with van der Waals surface area (Å²) >= 11 is 3.42. The molecule has 1 aromatic rings. The summed E-state index contributed by atoms with van der Waals surface area (Å²) in [6.45, 7) is 8.61. The Morgan fingerprint density at radius 2 is 1.93 bits per heavy atom. The quantitative estimate of drug-likeness (QED) is 0.349. The second-order valence-electron chi connectivity index (χ2n) is 8.54. The van der Waals surface area contributed by atoms with Crippen LogP contribution < -0.4 is 5.32 Å². The van der Waals surface area contributed by atoms with E-state index < -0.39 is 0 Å². The molecule has 4 nitrogen and oxygen atoms in total. The molecule has 162 valence electrons. The summed E-state index contributed by atoms with van der Waals surface area (Å²) in [7, 11) is 0. The molecule has 0 bridgehead atoms. The lowest BCUT2D eigenvalue weighted by Crippen LogP contribution is -2.38. The van der Waals surface area contributed by atoms with E-state index >= 15 is 0 Å². The normalized spacial score (nSPS) is 20.7. The van der Waals surface area contributed by atoms with E-state index in [9.17, 15) is 9.59 Å². The first kappa shape index (κ1) is 23.0. The lowest BCUT2D eigenvalue weighted by atomic mass is 9.68. The standard InChI is InChI=1S/C24H31NO3S2/c1-6-30-12-11-28-23(27)20-15(2)25-18-13-24(3,4)14-19(26)22(18)21(20)16-7-9-17(29-5)10-8-16/h7-10,21,25H,6,11-14H2,1-5H3. The number of hydrogen-bond acceptors (Lipinski definition) is 6.